The Hall–Kier alpha value is -5.60. The molecule has 43 heavy (non-hydrogen) atoms. The Bertz CT molecular complexity index is 1990. The van der Waals surface area contributed by atoms with Gasteiger partial charge in [-0.05, 0) is 75.2 Å². The van der Waals surface area contributed by atoms with Crippen LogP contribution in [0.4, 0.5) is 22.7 Å². The molecular formula is C41H28N2. The second-order valence-corrected chi connectivity index (χ2v) is 11.4. The van der Waals surface area contributed by atoms with Crippen molar-refractivity contribution in [3.8, 4) is 11.1 Å². The molecule has 0 atom stereocenters. The Balaban J connectivity index is 1.26. The summed E-state index contributed by atoms with van der Waals surface area (Å²) in [5.41, 5.74) is 17.6. The minimum Gasteiger partial charge on any atom is -0.312 e. The van der Waals surface area contributed by atoms with Gasteiger partial charge in [-0.2, -0.15) is 0 Å². The monoisotopic (exact) mass is 548 g/mol. The Morgan fingerprint density at radius 1 is 0.326 bits per heavy atom. The van der Waals surface area contributed by atoms with Crippen molar-refractivity contribution in [2.75, 3.05) is 9.80 Å². The lowest BCUT2D eigenvalue weighted by atomic mass is 9.82. The molecule has 2 nitrogen and oxygen atoms in total. The number of fused-ring (bicyclic) bond motifs is 7. The Morgan fingerprint density at radius 2 is 0.628 bits per heavy atom. The van der Waals surface area contributed by atoms with Crippen LogP contribution in [0.5, 0.6) is 0 Å². The smallest absolute Gasteiger partial charge is 0.0697 e. The minimum absolute atomic E-state index is 0.959. The van der Waals surface area contributed by atoms with Crippen molar-refractivity contribution < 1.29 is 0 Å². The van der Waals surface area contributed by atoms with Crippen LogP contribution >= 0.6 is 0 Å². The van der Waals surface area contributed by atoms with Crippen LogP contribution in [-0.4, -0.2) is 0 Å². The maximum absolute atomic E-state index is 2.39. The molecule has 0 saturated carbocycles. The third-order valence-electron chi connectivity index (χ3n) is 9.04. The molecular weight excluding hydrogens is 520 g/mol. The summed E-state index contributed by atoms with van der Waals surface area (Å²) in [4.78, 5) is 4.78. The van der Waals surface area contributed by atoms with Gasteiger partial charge in [0, 0.05) is 23.5 Å². The van der Waals surface area contributed by atoms with E-state index in [0.717, 1.165) is 29.2 Å². The number of para-hydroxylation sites is 4. The minimum atomic E-state index is 0.959. The molecule has 0 unspecified atom stereocenters. The highest BCUT2D eigenvalue weighted by Gasteiger charge is 2.30. The van der Waals surface area contributed by atoms with Crippen molar-refractivity contribution in [3.05, 3.63) is 191 Å². The highest BCUT2D eigenvalue weighted by molar-refractivity contribution is 6.04. The van der Waals surface area contributed by atoms with Gasteiger partial charge in [-0.3, -0.25) is 0 Å². The molecule has 9 rings (SSSR count). The summed E-state index contributed by atoms with van der Waals surface area (Å²) in [6.45, 7) is 0. The SMILES string of the molecule is C(=C1c2ccccc2Cc2ccccc21)N1c2ccccc2N(C=C2c3ccccc3-c3ccccc32)c2ccccc21. The van der Waals surface area contributed by atoms with Gasteiger partial charge >= 0.3 is 0 Å². The summed E-state index contributed by atoms with van der Waals surface area (Å²) in [5.74, 6) is 0. The first kappa shape index (κ1) is 24.0. The molecule has 0 N–H and O–H groups in total. The maximum Gasteiger partial charge on any atom is 0.0697 e. The number of anilines is 4. The number of rotatable bonds is 2. The molecule has 2 aliphatic carbocycles. The van der Waals surface area contributed by atoms with E-state index in [1.54, 1.807) is 0 Å². The molecule has 3 aliphatic rings. The van der Waals surface area contributed by atoms with E-state index in [0.29, 0.717) is 0 Å². The van der Waals surface area contributed by atoms with Gasteiger partial charge in [0.15, 0.2) is 0 Å². The molecule has 0 bridgehead atoms. The number of nitrogens with zero attached hydrogens (tertiary/aromatic N) is 2. The van der Waals surface area contributed by atoms with Crippen LogP contribution in [0, 0.1) is 0 Å². The van der Waals surface area contributed by atoms with Gasteiger partial charge < -0.3 is 9.80 Å². The molecule has 6 aromatic carbocycles. The lowest BCUT2D eigenvalue weighted by molar-refractivity contribution is 1.12. The van der Waals surface area contributed by atoms with E-state index in [4.69, 9.17) is 0 Å². The molecule has 0 saturated heterocycles. The molecule has 0 amide bonds. The van der Waals surface area contributed by atoms with Crippen molar-refractivity contribution in [1.29, 1.82) is 0 Å². The maximum atomic E-state index is 2.39. The standard InChI is InChI=1S/C41H28N2/c1-3-15-30-28(13-1)25-29-14-2-4-16-31(29)36(30)26-42-38-21-9-11-23-40(38)43(41-24-12-10-22-39(41)42)27-37-34-19-7-5-17-32(34)33-18-6-8-20-35(33)37/h1-24,26-27H,25H2. The second-order valence-electron chi connectivity index (χ2n) is 11.4. The van der Waals surface area contributed by atoms with Gasteiger partial charge in [-0.25, -0.2) is 0 Å². The van der Waals surface area contributed by atoms with E-state index in [-0.39, 0.29) is 0 Å². The summed E-state index contributed by atoms with van der Waals surface area (Å²) in [7, 11) is 0. The predicted octanol–water partition coefficient (Wildman–Crippen LogP) is 10.3. The predicted molar refractivity (Wildman–Crippen MR) is 179 cm³/mol. The summed E-state index contributed by atoms with van der Waals surface area (Å²) >= 11 is 0. The first-order valence-corrected chi connectivity index (χ1v) is 14.9. The summed E-state index contributed by atoms with van der Waals surface area (Å²) in [5, 5.41) is 0. The number of hydrogen-bond acceptors (Lipinski definition) is 2. The molecule has 0 fully saturated rings. The molecule has 1 heterocycles. The highest BCUT2D eigenvalue weighted by atomic mass is 15.3. The molecule has 2 heteroatoms. The van der Waals surface area contributed by atoms with Crippen molar-refractivity contribution >= 4 is 33.9 Å². The zero-order valence-electron chi connectivity index (χ0n) is 23.6. The van der Waals surface area contributed by atoms with Crippen LogP contribution in [0.2, 0.25) is 0 Å². The van der Waals surface area contributed by atoms with Crippen LogP contribution in [0.1, 0.15) is 33.4 Å². The van der Waals surface area contributed by atoms with Crippen LogP contribution < -0.4 is 9.80 Å². The zero-order valence-corrected chi connectivity index (χ0v) is 23.6. The van der Waals surface area contributed by atoms with Gasteiger partial charge in [-0.1, -0.05) is 121 Å². The first-order valence-electron chi connectivity index (χ1n) is 14.9. The normalized spacial score (nSPS) is 13.8. The molecule has 6 aromatic rings. The van der Waals surface area contributed by atoms with Crippen molar-refractivity contribution in [2.24, 2.45) is 0 Å². The summed E-state index contributed by atoms with van der Waals surface area (Å²) < 4.78 is 0. The van der Waals surface area contributed by atoms with E-state index < -0.39 is 0 Å². The van der Waals surface area contributed by atoms with E-state index in [2.05, 4.69) is 168 Å². The largest absolute Gasteiger partial charge is 0.312 e. The molecule has 202 valence electrons. The van der Waals surface area contributed by atoms with Crippen molar-refractivity contribution in [1.82, 2.24) is 0 Å². The first-order chi connectivity index (χ1) is 21.3. The van der Waals surface area contributed by atoms with Crippen LogP contribution in [0.3, 0.4) is 0 Å². The Morgan fingerprint density at radius 3 is 1.05 bits per heavy atom. The molecule has 0 radical (unpaired) electrons. The average Bonchev–Trinajstić information content (AvgIpc) is 3.39. The fourth-order valence-corrected chi connectivity index (χ4v) is 7.09. The van der Waals surface area contributed by atoms with Gasteiger partial charge in [0.2, 0.25) is 0 Å². The highest BCUT2D eigenvalue weighted by Crippen LogP contribution is 2.52. The molecule has 0 aromatic heterocycles. The number of benzene rings is 6. The fraction of sp³-hybridized carbons (Fsp3) is 0.0244. The van der Waals surface area contributed by atoms with Gasteiger partial charge in [-0.15, -0.1) is 0 Å². The lowest BCUT2D eigenvalue weighted by Crippen LogP contribution is -2.24. The Labute approximate surface area is 252 Å². The third-order valence-corrected chi connectivity index (χ3v) is 9.04. The molecule has 0 spiro atoms. The van der Waals surface area contributed by atoms with E-state index in [1.165, 1.54) is 55.7 Å². The third kappa shape index (κ3) is 3.67. The quantitative estimate of drug-likeness (QED) is 0.212. The van der Waals surface area contributed by atoms with Crippen LogP contribution in [0.25, 0.3) is 22.3 Å². The summed E-state index contributed by atoms with van der Waals surface area (Å²) in [6.07, 6.45) is 5.67. The van der Waals surface area contributed by atoms with Crippen LogP contribution in [-0.2, 0) is 6.42 Å². The topological polar surface area (TPSA) is 6.48 Å². The van der Waals surface area contributed by atoms with Gasteiger partial charge in [0.1, 0.15) is 0 Å². The average molecular weight is 549 g/mol. The second kappa shape index (κ2) is 9.47. The zero-order chi connectivity index (χ0) is 28.3. The Kier molecular flexibility index (Phi) is 5.30. The van der Waals surface area contributed by atoms with E-state index in [9.17, 15) is 0 Å². The van der Waals surface area contributed by atoms with E-state index >= 15 is 0 Å². The van der Waals surface area contributed by atoms with Crippen molar-refractivity contribution in [2.45, 2.75) is 6.42 Å². The van der Waals surface area contributed by atoms with Crippen molar-refractivity contribution in [3.63, 3.8) is 0 Å². The number of hydrogen-bond donors (Lipinski definition) is 0. The molecule has 1 aliphatic heterocycles. The fourth-order valence-electron chi connectivity index (χ4n) is 7.09. The van der Waals surface area contributed by atoms with E-state index in [1.807, 2.05) is 0 Å². The van der Waals surface area contributed by atoms with Gasteiger partial charge in [0.25, 0.3) is 0 Å². The van der Waals surface area contributed by atoms with Gasteiger partial charge in [0.05, 0.1) is 22.7 Å². The summed E-state index contributed by atoms with van der Waals surface area (Å²) in [6, 6.07) is 52.8. The lowest BCUT2D eigenvalue weighted by Gasteiger charge is -2.38. The van der Waals surface area contributed by atoms with Crippen LogP contribution in [0.15, 0.2) is 158 Å².